The van der Waals surface area contributed by atoms with Crippen LogP contribution in [-0.4, -0.2) is 31.1 Å². The zero-order chi connectivity index (χ0) is 39.0. The number of nitrogens with zero attached hydrogens (tertiary/aromatic N) is 2. The predicted molar refractivity (Wildman–Crippen MR) is 237 cm³/mol. The van der Waals surface area contributed by atoms with Gasteiger partial charge in [-0.05, 0) is 122 Å². The fourth-order valence-corrected chi connectivity index (χ4v) is 9.68. The third-order valence-electron chi connectivity index (χ3n) is 11.7. The summed E-state index contributed by atoms with van der Waals surface area (Å²) >= 11 is 26.8. The Hall–Kier alpha value is -4.19. The van der Waals surface area contributed by atoms with Gasteiger partial charge in [-0.25, -0.2) is 4.79 Å². The van der Waals surface area contributed by atoms with E-state index in [1.807, 2.05) is 48.6 Å². The Morgan fingerprint density at radius 3 is 1.50 bits per heavy atom. The van der Waals surface area contributed by atoms with Crippen molar-refractivity contribution < 1.29 is 9.53 Å². The quantitative estimate of drug-likeness (QED) is 0.0887. The molecule has 2 atom stereocenters. The van der Waals surface area contributed by atoms with Gasteiger partial charge >= 0.3 is 5.97 Å². The van der Waals surface area contributed by atoms with Crippen molar-refractivity contribution in [1.82, 2.24) is 0 Å². The topological polar surface area (TPSA) is 32.8 Å². The minimum absolute atomic E-state index is 0.0109. The van der Waals surface area contributed by atoms with E-state index in [-0.39, 0.29) is 25.7 Å². The van der Waals surface area contributed by atoms with Gasteiger partial charge in [0.05, 0.1) is 25.7 Å². The van der Waals surface area contributed by atoms with Gasteiger partial charge in [-0.15, -0.1) is 0 Å². The Morgan fingerprint density at radius 2 is 1.04 bits per heavy atom. The number of cyclic esters (lactones) is 1. The van der Waals surface area contributed by atoms with E-state index in [2.05, 4.69) is 96.4 Å². The predicted octanol–water partition coefficient (Wildman–Crippen LogP) is 14.2. The zero-order valence-corrected chi connectivity index (χ0v) is 34.6. The first-order chi connectivity index (χ1) is 27.1. The van der Waals surface area contributed by atoms with Crippen LogP contribution in [0, 0.1) is 0 Å². The molecule has 0 aliphatic carbocycles. The molecule has 3 aliphatic heterocycles. The fourth-order valence-electron chi connectivity index (χ4n) is 8.60. The van der Waals surface area contributed by atoms with E-state index in [9.17, 15) is 4.79 Å². The van der Waals surface area contributed by atoms with E-state index in [1.54, 1.807) is 0 Å². The molecule has 0 amide bonds. The second-order valence-electron chi connectivity index (χ2n) is 15.2. The maximum Gasteiger partial charge on any atom is 0.341 e. The van der Waals surface area contributed by atoms with Crippen LogP contribution in [0.4, 0.5) is 11.4 Å². The molecular weight excluding hydrogens is 778 g/mol. The number of piperidine rings is 2. The standard InChI is InChI=1S/C48H44Cl4N2O2/c1-31-11-7-9-29-53(31)37-21-17-35(18-22-37)39-15-5-3-13-33(39)25-27-48(42-41(47(55)56-48)43(49)45(51)46(52)44(42)50)28-26-34-14-4-6-16-40(34)36-19-23-38(24-20-36)54-30-10-8-12-32(54)2/h3-6,13-28,31-32H,7-12,29-30H2,1-2H3. The molecular formula is C48H44Cl4N2O2. The molecule has 2 saturated heterocycles. The van der Waals surface area contributed by atoms with Gasteiger partial charge in [0.25, 0.3) is 0 Å². The van der Waals surface area contributed by atoms with Crippen LogP contribution in [-0.2, 0) is 10.3 Å². The second-order valence-corrected chi connectivity index (χ2v) is 16.7. The molecule has 0 aromatic heterocycles. The maximum absolute atomic E-state index is 13.7. The Labute approximate surface area is 350 Å². The number of hydrogen-bond acceptors (Lipinski definition) is 4. The van der Waals surface area contributed by atoms with Gasteiger partial charge in [0, 0.05) is 42.1 Å². The number of carbonyl (C=O) groups is 1. The van der Waals surface area contributed by atoms with E-state index >= 15 is 0 Å². The minimum atomic E-state index is -1.45. The molecule has 0 radical (unpaired) electrons. The molecule has 0 saturated carbocycles. The van der Waals surface area contributed by atoms with Gasteiger partial charge in [0.15, 0.2) is 5.60 Å². The van der Waals surface area contributed by atoms with Crippen LogP contribution < -0.4 is 9.80 Å². The molecule has 3 heterocycles. The third-order valence-corrected chi connectivity index (χ3v) is 13.5. The SMILES string of the molecule is CC1CCCCN1c1ccc(-c2ccccc2C=CC2(C=Cc3ccccc3-c3ccc(N4CCCCC4C)cc3)OC(=O)c3c(Cl)c(Cl)c(Cl)c(Cl)c32)cc1. The highest BCUT2D eigenvalue weighted by atomic mass is 35.5. The van der Waals surface area contributed by atoms with Crippen LogP contribution in [0.2, 0.25) is 20.1 Å². The number of esters is 1. The second kappa shape index (κ2) is 16.3. The smallest absolute Gasteiger partial charge is 0.341 e. The summed E-state index contributed by atoms with van der Waals surface area (Å²) < 4.78 is 6.30. The first-order valence-electron chi connectivity index (χ1n) is 19.6. The molecule has 5 aromatic carbocycles. The van der Waals surface area contributed by atoms with Gasteiger partial charge in [-0.2, -0.15) is 0 Å². The summed E-state index contributed by atoms with van der Waals surface area (Å²) in [7, 11) is 0. The molecule has 0 spiro atoms. The average molecular weight is 823 g/mol. The largest absolute Gasteiger partial charge is 0.442 e. The number of rotatable bonds is 8. The van der Waals surface area contributed by atoms with E-state index in [0.29, 0.717) is 17.6 Å². The maximum atomic E-state index is 13.7. The molecule has 5 aromatic rings. The van der Waals surface area contributed by atoms with Gasteiger partial charge in [-0.1, -0.05) is 131 Å². The molecule has 0 bridgehead atoms. The Kier molecular flexibility index (Phi) is 11.3. The number of hydrogen-bond donors (Lipinski definition) is 0. The number of fused-ring (bicyclic) bond motifs is 1. The summed E-state index contributed by atoms with van der Waals surface area (Å²) in [6.07, 6.45) is 15.1. The van der Waals surface area contributed by atoms with Crippen LogP contribution >= 0.6 is 46.4 Å². The molecule has 8 heteroatoms. The highest BCUT2D eigenvalue weighted by molar-refractivity contribution is 6.53. The first kappa shape index (κ1) is 38.7. The number of benzene rings is 5. The molecule has 2 fully saturated rings. The van der Waals surface area contributed by atoms with Crippen LogP contribution in [0.3, 0.4) is 0 Å². The monoisotopic (exact) mass is 820 g/mol. The van der Waals surface area contributed by atoms with Gasteiger partial charge in [0.2, 0.25) is 0 Å². The Bertz CT molecular complexity index is 2200. The van der Waals surface area contributed by atoms with Crippen molar-refractivity contribution in [3.63, 3.8) is 0 Å². The number of anilines is 2. The van der Waals surface area contributed by atoms with Crippen molar-refractivity contribution in [2.75, 3.05) is 22.9 Å². The highest BCUT2D eigenvalue weighted by Crippen LogP contribution is 2.52. The van der Waals surface area contributed by atoms with Crippen molar-refractivity contribution >= 4 is 75.9 Å². The van der Waals surface area contributed by atoms with Crippen LogP contribution in [0.5, 0.6) is 0 Å². The summed E-state index contributed by atoms with van der Waals surface area (Å²) in [5.41, 5.74) is 7.60. The van der Waals surface area contributed by atoms with Crippen LogP contribution in [0.15, 0.2) is 109 Å². The number of carbonyl (C=O) groups excluding carboxylic acids is 1. The normalized spacial score (nSPS) is 21.2. The summed E-state index contributed by atoms with van der Waals surface area (Å²) in [5.74, 6) is -0.633. The molecule has 4 nitrogen and oxygen atoms in total. The summed E-state index contributed by atoms with van der Waals surface area (Å²) in [5, 5.41) is 0.200. The lowest BCUT2D eigenvalue weighted by Gasteiger charge is -2.35. The van der Waals surface area contributed by atoms with Crippen LogP contribution in [0.25, 0.3) is 34.4 Å². The minimum Gasteiger partial charge on any atom is -0.442 e. The molecule has 56 heavy (non-hydrogen) atoms. The van der Waals surface area contributed by atoms with Gasteiger partial charge in [0.1, 0.15) is 0 Å². The molecule has 2 unspecified atom stereocenters. The average Bonchev–Trinajstić information content (AvgIpc) is 3.53. The lowest BCUT2D eigenvalue weighted by Crippen LogP contribution is -2.37. The van der Waals surface area contributed by atoms with Crippen molar-refractivity contribution in [3.8, 4) is 22.3 Å². The Morgan fingerprint density at radius 1 is 0.589 bits per heavy atom. The molecule has 286 valence electrons. The number of halogens is 4. The lowest BCUT2D eigenvalue weighted by atomic mass is 9.88. The molecule has 8 rings (SSSR count). The van der Waals surface area contributed by atoms with Crippen molar-refractivity contribution in [2.24, 2.45) is 0 Å². The van der Waals surface area contributed by atoms with E-state index < -0.39 is 11.6 Å². The van der Waals surface area contributed by atoms with E-state index in [1.165, 1.54) is 49.9 Å². The summed E-state index contributed by atoms with van der Waals surface area (Å²) in [6, 6.07) is 35.0. The zero-order valence-electron chi connectivity index (χ0n) is 31.6. The van der Waals surface area contributed by atoms with Gasteiger partial charge in [-0.3, -0.25) is 0 Å². The number of ether oxygens (including phenoxy) is 1. The molecule has 0 N–H and O–H groups in total. The van der Waals surface area contributed by atoms with Crippen molar-refractivity contribution in [1.29, 1.82) is 0 Å². The van der Waals surface area contributed by atoms with E-state index in [0.717, 1.165) is 46.5 Å². The Balaban J connectivity index is 1.18. The van der Waals surface area contributed by atoms with Crippen molar-refractivity contribution in [2.45, 2.75) is 70.1 Å². The first-order valence-corrected chi connectivity index (χ1v) is 21.1. The van der Waals surface area contributed by atoms with Crippen molar-refractivity contribution in [3.05, 3.63) is 152 Å². The van der Waals surface area contributed by atoms with Crippen LogP contribution in [0.1, 0.15) is 79.4 Å². The summed E-state index contributed by atoms with van der Waals surface area (Å²) in [6.45, 7) is 6.76. The molecule has 3 aliphatic rings. The third kappa shape index (κ3) is 7.38. The highest BCUT2D eigenvalue weighted by Gasteiger charge is 2.47. The summed E-state index contributed by atoms with van der Waals surface area (Å²) in [4.78, 5) is 18.7. The van der Waals surface area contributed by atoms with E-state index in [4.69, 9.17) is 51.1 Å². The fraction of sp³-hybridized carbons (Fsp3) is 0.271. The van der Waals surface area contributed by atoms with Gasteiger partial charge < -0.3 is 14.5 Å². The lowest BCUT2D eigenvalue weighted by molar-refractivity contribution is 0.0301.